The highest BCUT2D eigenvalue weighted by Crippen LogP contribution is 2.00. The third kappa shape index (κ3) is 3.39. The van der Waals surface area contributed by atoms with E-state index in [-0.39, 0.29) is 5.91 Å². The fourth-order valence-corrected chi connectivity index (χ4v) is 1.39. The predicted octanol–water partition coefficient (Wildman–Crippen LogP) is 0.954. The second-order valence-electron chi connectivity index (χ2n) is 3.64. The number of amides is 1. The van der Waals surface area contributed by atoms with Crippen molar-refractivity contribution in [2.24, 2.45) is 0 Å². The van der Waals surface area contributed by atoms with Crippen molar-refractivity contribution in [3.05, 3.63) is 18.2 Å². The lowest BCUT2D eigenvalue weighted by Gasteiger charge is -2.15. The van der Waals surface area contributed by atoms with Crippen LogP contribution in [-0.4, -0.2) is 34.0 Å². The second kappa shape index (κ2) is 5.91. The fraction of sp³-hybridized carbons (Fsp3) is 0.545. The molecule has 1 amide bonds. The third-order valence-electron chi connectivity index (χ3n) is 2.47. The number of nitrogens with zero attached hydrogens (tertiary/aromatic N) is 4. The molecule has 5 nitrogen and oxygen atoms in total. The molecule has 0 aliphatic carbocycles. The number of carbonyl (C=O) groups excluding carboxylic acids is 1. The van der Waals surface area contributed by atoms with Crippen LogP contribution in [0.15, 0.2) is 12.4 Å². The van der Waals surface area contributed by atoms with Crippen LogP contribution in [-0.2, 0) is 11.3 Å². The fourth-order valence-electron chi connectivity index (χ4n) is 1.39. The Balaban J connectivity index is 2.36. The Labute approximate surface area is 95.3 Å². The Morgan fingerprint density at radius 1 is 1.69 bits per heavy atom. The molecule has 86 valence electrons. The van der Waals surface area contributed by atoms with Gasteiger partial charge in [0.05, 0.1) is 12.5 Å². The molecule has 1 aromatic heterocycles. The molecular formula is C11H16N4O. The van der Waals surface area contributed by atoms with Crippen molar-refractivity contribution >= 4 is 5.91 Å². The summed E-state index contributed by atoms with van der Waals surface area (Å²) in [5.74, 6) is 0.968. The Kier molecular flexibility index (Phi) is 4.52. The molecule has 0 saturated carbocycles. The molecule has 0 aliphatic heterocycles. The van der Waals surface area contributed by atoms with E-state index in [4.69, 9.17) is 5.26 Å². The highest BCUT2D eigenvalue weighted by molar-refractivity contribution is 5.75. The topological polar surface area (TPSA) is 61.9 Å². The number of imidazole rings is 1. The largest absolute Gasteiger partial charge is 0.345 e. The maximum Gasteiger partial charge on any atom is 0.224 e. The van der Waals surface area contributed by atoms with E-state index < -0.39 is 0 Å². The van der Waals surface area contributed by atoms with Crippen LogP contribution in [0.4, 0.5) is 0 Å². The van der Waals surface area contributed by atoms with E-state index in [0.717, 1.165) is 5.82 Å². The van der Waals surface area contributed by atoms with E-state index in [1.807, 2.05) is 23.8 Å². The zero-order chi connectivity index (χ0) is 12.0. The van der Waals surface area contributed by atoms with Crippen LogP contribution in [0.1, 0.15) is 18.7 Å². The van der Waals surface area contributed by atoms with E-state index in [0.29, 0.717) is 25.9 Å². The molecule has 0 spiro atoms. The highest BCUT2D eigenvalue weighted by atomic mass is 16.2. The van der Waals surface area contributed by atoms with Gasteiger partial charge in [0.1, 0.15) is 5.82 Å². The number of carbonyl (C=O) groups is 1. The molecule has 1 heterocycles. The molecule has 0 fully saturated rings. The van der Waals surface area contributed by atoms with Gasteiger partial charge in [0.25, 0.3) is 0 Å². The smallest absolute Gasteiger partial charge is 0.224 e. The minimum Gasteiger partial charge on any atom is -0.345 e. The van der Waals surface area contributed by atoms with Gasteiger partial charge >= 0.3 is 0 Å². The molecule has 0 unspecified atom stereocenters. The SMILES string of the molecule is Cc1nccn1CCC(=O)N(C)CCC#N. The van der Waals surface area contributed by atoms with E-state index >= 15 is 0 Å². The molecule has 5 heteroatoms. The standard InChI is InChI=1S/C11H16N4O/c1-10-13-6-9-15(10)8-4-11(16)14(2)7-3-5-12/h6,9H,3-4,7-8H2,1-2H3. The number of hydrogen-bond acceptors (Lipinski definition) is 3. The van der Waals surface area contributed by atoms with Gasteiger partial charge in [-0.2, -0.15) is 5.26 Å². The van der Waals surface area contributed by atoms with E-state index in [2.05, 4.69) is 4.98 Å². The average molecular weight is 220 g/mol. The number of aromatic nitrogens is 2. The quantitative estimate of drug-likeness (QED) is 0.742. The normalized spacial score (nSPS) is 9.81. The van der Waals surface area contributed by atoms with Gasteiger partial charge in [-0.3, -0.25) is 4.79 Å². The Morgan fingerprint density at radius 3 is 3.00 bits per heavy atom. The summed E-state index contributed by atoms with van der Waals surface area (Å²) in [6.07, 6.45) is 4.41. The van der Waals surface area contributed by atoms with Gasteiger partial charge in [0.2, 0.25) is 5.91 Å². The maximum atomic E-state index is 11.6. The van der Waals surface area contributed by atoms with Gasteiger partial charge < -0.3 is 9.47 Å². The summed E-state index contributed by atoms with van der Waals surface area (Å²) in [7, 11) is 1.72. The van der Waals surface area contributed by atoms with Crippen LogP contribution < -0.4 is 0 Å². The van der Waals surface area contributed by atoms with Gasteiger partial charge in [-0.05, 0) is 6.92 Å². The van der Waals surface area contributed by atoms with Crippen molar-refractivity contribution < 1.29 is 4.79 Å². The molecule has 0 N–H and O–H groups in total. The number of nitriles is 1. The molecule has 0 atom stereocenters. The monoisotopic (exact) mass is 220 g/mol. The highest BCUT2D eigenvalue weighted by Gasteiger charge is 2.08. The first-order valence-electron chi connectivity index (χ1n) is 5.24. The average Bonchev–Trinajstić information content (AvgIpc) is 2.68. The summed E-state index contributed by atoms with van der Waals surface area (Å²) in [4.78, 5) is 17.3. The van der Waals surface area contributed by atoms with Gasteiger partial charge in [-0.1, -0.05) is 0 Å². The number of hydrogen-bond donors (Lipinski definition) is 0. The lowest BCUT2D eigenvalue weighted by molar-refractivity contribution is -0.130. The predicted molar refractivity (Wildman–Crippen MR) is 59.4 cm³/mol. The summed E-state index contributed by atoms with van der Waals surface area (Å²) < 4.78 is 1.94. The lowest BCUT2D eigenvalue weighted by atomic mass is 10.3. The van der Waals surface area contributed by atoms with Gasteiger partial charge in [0.15, 0.2) is 0 Å². The Morgan fingerprint density at radius 2 is 2.44 bits per heavy atom. The van der Waals surface area contributed by atoms with E-state index in [1.54, 1.807) is 18.1 Å². The van der Waals surface area contributed by atoms with Crippen LogP contribution in [0, 0.1) is 18.3 Å². The first-order valence-corrected chi connectivity index (χ1v) is 5.24. The molecule has 0 bridgehead atoms. The maximum absolute atomic E-state index is 11.6. The summed E-state index contributed by atoms with van der Waals surface area (Å²) in [6, 6.07) is 2.02. The van der Waals surface area contributed by atoms with Crippen LogP contribution >= 0.6 is 0 Å². The third-order valence-corrected chi connectivity index (χ3v) is 2.47. The first kappa shape index (κ1) is 12.2. The second-order valence-corrected chi connectivity index (χ2v) is 3.64. The molecular weight excluding hydrogens is 204 g/mol. The van der Waals surface area contributed by atoms with Crippen molar-refractivity contribution in [3.63, 3.8) is 0 Å². The first-order chi connectivity index (χ1) is 7.65. The van der Waals surface area contributed by atoms with Crippen molar-refractivity contribution in [2.75, 3.05) is 13.6 Å². The minimum atomic E-state index is 0.0587. The van der Waals surface area contributed by atoms with E-state index in [9.17, 15) is 4.79 Å². The Bertz CT molecular complexity index is 391. The molecule has 1 aromatic rings. The summed E-state index contributed by atoms with van der Waals surface area (Å²) >= 11 is 0. The minimum absolute atomic E-state index is 0.0587. The van der Waals surface area contributed by atoms with Gasteiger partial charge in [0, 0.05) is 39.0 Å². The number of rotatable bonds is 5. The number of aryl methyl sites for hydroxylation is 2. The zero-order valence-corrected chi connectivity index (χ0v) is 9.68. The van der Waals surface area contributed by atoms with Crippen LogP contribution in [0.25, 0.3) is 0 Å². The molecule has 0 aromatic carbocycles. The van der Waals surface area contributed by atoms with Crippen molar-refractivity contribution in [2.45, 2.75) is 26.3 Å². The van der Waals surface area contributed by atoms with E-state index in [1.165, 1.54) is 0 Å². The zero-order valence-electron chi connectivity index (χ0n) is 9.68. The molecule has 16 heavy (non-hydrogen) atoms. The van der Waals surface area contributed by atoms with Gasteiger partial charge in [-0.15, -0.1) is 0 Å². The molecule has 0 aliphatic rings. The molecule has 1 rings (SSSR count). The van der Waals surface area contributed by atoms with Crippen LogP contribution in [0.2, 0.25) is 0 Å². The van der Waals surface area contributed by atoms with Crippen molar-refractivity contribution in [3.8, 4) is 6.07 Å². The summed E-state index contributed by atoms with van der Waals surface area (Å²) in [5, 5.41) is 8.41. The van der Waals surface area contributed by atoms with Crippen molar-refractivity contribution in [1.82, 2.24) is 14.5 Å². The van der Waals surface area contributed by atoms with Crippen LogP contribution in [0.3, 0.4) is 0 Å². The van der Waals surface area contributed by atoms with Crippen molar-refractivity contribution in [1.29, 1.82) is 5.26 Å². The van der Waals surface area contributed by atoms with Gasteiger partial charge in [-0.25, -0.2) is 4.98 Å². The lowest BCUT2D eigenvalue weighted by Crippen LogP contribution is -2.28. The molecule has 0 saturated heterocycles. The van der Waals surface area contributed by atoms with Crippen LogP contribution in [0.5, 0.6) is 0 Å². The summed E-state index contributed by atoms with van der Waals surface area (Å²) in [6.45, 7) is 3.05. The molecule has 0 radical (unpaired) electrons. The Hall–Kier alpha value is -1.83. The summed E-state index contributed by atoms with van der Waals surface area (Å²) in [5.41, 5.74) is 0.